The molecule has 1 aliphatic rings. The van der Waals surface area contributed by atoms with Crippen LogP contribution in [-0.2, 0) is 6.54 Å². The normalized spacial score (nSPS) is 14.7. The molecule has 0 saturated carbocycles. The summed E-state index contributed by atoms with van der Waals surface area (Å²) in [5, 5.41) is 4.32. The van der Waals surface area contributed by atoms with Gasteiger partial charge in [0.15, 0.2) is 11.6 Å². The first-order valence-corrected chi connectivity index (χ1v) is 10.8. The smallest absolute Gasteiger partial charge is 0.289 e. The first-order valence-electron chi connectivity index (χ1n) is 10.8. The lowest BCUT2D eigenvalue weighted by molar-refractivity contribution is 0.0585. The van der Waals surface area contributed by atoms with Crippen LogP contribution >= 0.6 is 0 Å². The molecule has 162 valence electrons. The molecule has 1 fully saturated rings. The van der Waals surface area contributed by atoms with Gasteiger partial charge in [0.1, 0.15) is 0 Å². The number of piperazine rings is 1. The third-order valence-corrected chi connectivity index (χ3v) is 5.76. The van der Waals surface area contributed by atoms with Gasteiger partial charge in [0.2, 0.25) is 5.89 Å². The first-order chi connectivity index (χ1) is 15.8. The van der Waals surface area contributed by atoms with Gasteiger partial charge in [-0.1, -0.05) is 65.8 Å². The van der Waals surface area contributed by atoms with Gasteiger partial charge in [0, 0.05) is 26.2 Å². The number of furan rings is 1. The largest absolute Gasteiger partial charge is 0.459 e. The van der Waals surface area contributed by atoms with Gasteiger partial charge < -0.3 is 13.8 Å². The van der Waals surface area contributed by atoms with Crippen LogP contribution in [0.2, 0.25) is 0 Å². The SMILES string of the molecule is O=C(c1ccco1)N1CCN(Cc2nc(C(c3ccccc3)c3ccccc3)no2)CC1. The van der Waals surface area contributed by atoms with Crippen LogP contribution < -0.4 is 0 Å². The van der Waals surface area contributed by atoms with Gasteiger partial charge in [-0.2, -0.15) is 4.98 Å². The van der Waals surface area contributed by atoms with Crippen LogP contribution in [0.1, 0.15) is 39.3 Å². The average Bonchev–Trinajstić information content (AvgIpc) is 3.54. The van der Waals surface area contributed by atoms with Gasteiger partial charge in [0.05, 0.1) is 18.7 Å². The zero-order valence-electron chi connectivity index (χ0n) is 17.6. The molecule has 1 amide bonds. The number of hydrogen-bond donors (Lipinski definition) is 0. The van der Waals surface area contributed by atoms with Crippen molar-refractivity contribution in [3.05, 3.63) is 108 Å². The molecule has 7 heteroatoms. The van der Waals surface area contributed by atoms with Crippen molar-refractivity contribution in [3.8, 4) is 0 Å². The molecule has 0 spiro atoms. The van der Waals surface area contributed by atoms with E-state index in [0.29, 0.717) is 37.1 Å². The highest BCUT2D eigenvalue weighted by Gasteiger charge is 2.26. The number of rotatable bonds is 6. The quantitative estimate of drug-likeness (QED) is 0.465. The van der Waals surface area contributed by atoms with E-state index >= 15 is 0 Å². The number of aromatic nitrogens is 2. The molecule has 3 heterocycles. The Kier molecular flexibility index (Phi) is 5.81. The predicted octanol–water partition coefficient (Wildman–Crippen LogP) is 3.80. The maximum Gasteiger partial charge on any atom is 0.289 e. The topological polar surface area (TPSA) is 75.6 Å². The van der Waals surface area contributed by atoms with Crippen molar-refractivity contribution in [2.75, 3.05) is 26.2 Å². The average molecular weight is 428 g/mol. The predicted molar refractivity (Wildman–Crippen MR) is 118 cm³/mol. The summed E-state index contributed by atoms with van der Waals surface area (Å²) in [6.45, 7) is 3.32. The summed E-state index contributed by atoms with van der Waals surface area (Å²) in [6.07, 6.45) is 1.52. The molecule has 4 aromatic rings. The molecule has 32 heavy (non-hydrogen) atoms. The van der Waals surface area contributed by atoms with E-state index in [0.717, 1.165) is 24.2 Å². The second-order valence-electron chi connectivity index (χ2n) is 7.85. The fourth-order valence-corrected chi connectivity index (χ4v) is 4.09. The molecule has 0 radical (unpaired) electrons. The minimum absolute atomic E-state index is 0.0664. The van der Waals surface area contributed by atoms with Crippen molar-refractivity contribution in [2.24, 2.45) is 0 Å². The Labute approximate surface area is 186 Å². The van der Waals surface area contributed by atoms with E-state index in [-0.39, 0.29) is 11.8 Å². The minimum atomic E-state index is -0.0855. The van der Waals surface area contributed by atoms with Crippen molar-refractivity contribution < 1.29 is 13.7 Å². The molecule has 5 rings (SSSR count). The number of hydrogen-bond acceptors (Lipinski definition) is 6. The standard InChI is InChI=1S/C25H24N4O3/c30-25(21-12-7-17-31-21)29-15-13-28(14-16-29)18-22-26-24(27-32-22)23(19-8-3-1-4-9-19)20-10-5-2-6-11-20/h1-12,17,23H,13-16,18H2. The number of carbonyl (C=O) groups excluding carboxylic acids is 1. The minimum Gasteiger partial charge on any atom is -0.459 e. The molecular formula is C25H24N4O3. The fraction of sp³-hybridized carbons (Fsp3) is 0.240. The van der Waals surface area contributed by atoms with Crippen LogP contribution in [0, 0.1) is 0 Å². The van der Waals surface area contributed by atoms with Crippen LogP contribution in [0.5, 0.6) is 0 Å². The highest BCUT2D eigenvalue weighted by molar-refractivity contribution is 5.91. The Morgan fingerprint density at radius 2 is 1.53 bits per heavy atom. The van der Waals surface area contributed by atoms with Crippen molar-refractivity contribution in [2.45, 2.75) is 12.5 Å². The van der Waals surface area contributed by atoms with E-state index in [9.17, 15) is 4.79 Å². The lowest BCUT2D eigenvalue weighted by Crippen LogP contribution is -2.48. The second kappa shape index (κ2) is 9.20. The Morgan fingerprint density at radius 3 is 2.12 bits per heavy atom. The van der Waals surface area contributed by atoms with E-state index in [2.05, 4.69) is 34.3 Å². The van der Waals surface area contributed by atoms with Crippen LogP contribution in [-0.4, -0.2) is 52.0 Å². The lowest BCUT2D eigenvalue weighted by Gasteiger charge is -2.33. The van der Waals surface area contributed by atoms with E-state index in [4.69, 9.17) is 13.9 Å². The van der Waals surface area contributed by atoms with Gasteiger partial charge >= 0.3 is 0 Å². The zero-order valence-corrected chi connectivity index (χ0v) is 17.6. The Bertz CT molecular complexity index is 1090. The van der Waals surface area contributed by atoms with Crippen LogP contribution in [0.4, 0.5) is 0 Å². The molecule has 0 N–H and O–H groups in total. The third kappa shape index (κ3) is 4.33. The van der Waals surface area contributed by atoms with Gasteiger partial charge in [-0.15, -0.1) is 0 Å². The summed E-state index contributed by atoms with van der Waals surface area (Å²) in [6, 6.07) is 23.9. The number of nitrogens with zero attached hydrogens (tertiary/aromatic N) is 4. The van der Waals surface area contributed by atoms with E-state index in [1.54, 1.807) is 12.1 Å². The lowest BCUT2D eigenvalue weighted by atomic mass is 9.91. The Balaban J connectivity index is 1.27. The summed E-state index contributed by atoms with van der Waals surface area (Å²) in [5.74, 6) is 1.47. The first kappa shape index (κ1) is 20.2. The van der Waals surface area contributed by atoms with Crippen molar-refractivity contribution in [1.29, 1.82) is 0 Å². The summed E-state index contributed by atoms with van der Waals surface area (Å²) in [7, 11) is 0. The van der Waals surface area contributed by atoms with E-state index in [1.165, 1.54) is 6.26 Å². The molecule has 0 atom stereocenters. The van der Waals surface area contributed by atoms with Crippen molar-refractivity contribution >= 4 is 5.91 Å². The molecule has 2 aromatic carbocycles. The van der Waals surface area contributed by atoms with Crippen LogP contribution in [0.3, 0.4) is 0 Å². The molecule has 0 bridgehead atoms. The molecule has 2 aromatic heterocycles. The molecule has 7 nitrogen and oxygen atoms in total. The molecule has 1 saturated heterocycles. The third-order valence-electron chi connectivity index (χ3n) is 5.76. The molecule has 1 aliphatic heterocycles. The maximum absolute atomic E-state index is 12.4. The second-order valence-corrected chi connectivity index (χ2v) is 7.85. The fourth-order valence-electron chi connectivity index (χ4n) is 4.09. The highest BCUT2D eigenvalue weighted by Crippen LogP contribution is 2.30. The van der Waals surface area contributed by atoms with Crippen LogP contribution in [0.25, 0.3) is 0 Å². The monoisotopic (exact) mass is 428 g/mol. The maximum atomic E-state index is 12.4. The molecule has 0 aliphatic carbocycles. The van der Waals surface area contributed by atoms with Gasteiger partial charge in [-0.25, -0.2) is 0 Å². The summed E-state index contributed by atoms with van der Waals surface area (Å²) >= 11 is 0. The summed E-state index contributed by atoms with van der Waals surface area (Å²) in [4.78, 5) is 21.2. The van der Waals surface area contributed by atoms with Crippen LogP contribution in [0.15, 0.2) is 88.0 Å². The number of benzene rings is 2. The van der Waals surface area contributed by atoms with Gasteiger partial charge in [-0.3, -0.25) is 9.69 Å². The van der Waals surface area contributed by atoms with Gasteiger partial charge in [0.25, 0.3) is 5.91 Å². The Hall–Kier alpha value is -3.71. The number of carbonyl (C=O) groups is 1. The zero-order chi connectivity index (χ0) is 21.8. The van der Waals surface area contributed by atoms with Gasteiger partial charge in [-0.05, 0) is 23.3 Å². The Morgan fingerprint density at radius 1 is 0.875 bits per heavy atom. The van der Waals surface area contributed by atoms with E-state index in [1.807, 2.05) is 41.3 Å². The number of amides is 1. The summed E-state index contributed by atoms with van der Waals surface area (Å²) < 4.78 is 10.9. The van der Waals surface area contributed by atoms with Crippen molar-refractivity contribution in [1.82, 2.24) is 19.9 Å². The summed E-state index contributed by atoms with van der Waals surface area (Å²) in [5.41, 5.74) is 2.24. The molecular weight excluding hydrogens is 404 g/mol. The molecule has 0 unspecified atom stereocenters. The highest BCUT2D eigenvalue weighted by atomic mass is 16.5. The van der Waals surface area contributed by atoms with E-state index < -0.39 is 0 Å². The van der Waals surface area contributed by atoms with Crippen molar-refractivity contribution in [3.63, 3.8) is 0 Å².